The molecule has 0 spiro atoms. The fourth-order valence-corrected chi connectivity index (χ4v) is 2.36. The molecule has 1 unspecified atom stereocenters. The van der Waals surface area contributed by atoms with Gasteiger partial charge in [0.1, 0.15) is 17.4 Å². The van der Waals surface area contributed by atoms with Gasteiger partial charge in [-0.15, -0.1) is 0 Å². The predicted octanol–water partition coefficient (Wildman–Crippen LogP) is 2.21. The Morgan fingerprint density at radius 2 is 1.76 bits per heavy atom. The average molecular weight is 352 g/mol. The molecule has 3 N–H and O–H groups in total. The van der Waals surface area contributed by atoms with Crippen molar-refractivity contribution in [2.75, 3.05) is 13.9 Å². The van der Waals surface area contributed by atoms with Gasteiger partial charge in [0, 0.05) is 13.5 Å². The number of nitrogens with one attached hydrogen (secondary N) is 1. The van der Waals surface area contributed by atoms with Crippen LogP contribution in [0.15, 0.2) is 12.1 Å². The lowest BCUT2D eigenvalue weighted by Crippen LogP contribution is -2.47. The molecule has 25 heavy (non-hydrogen) atoms. The minimum Gasteiger partial charge on any atom is -0.468 e. The lowest BCUT2D eigenvalue weighted by atomic mass is 9.95. The standard InChI is InChI=1S/C18H28N2O5/c1-11-7-13(24-10-23-6)8-12(2)14(11)9-15(16(19)21)20-17(22)25-18(3,4)5/h7-8,15H,9-10H2,1-6H3,(H2,19,21)(H,20,22). The Bertz CT molecular complexity index is 599. The zero-order valence-electron chi connectivity index (χ0n) is 15.8. The third-order valence-corrected chi connectivity index (χ3v) is 3.46. The van der Waals surface area contributed by atoms with Crippen molar-refractivity contribution in [3.8, 4) is 5.75 Å². The van der Waals surface area contributed by atoms with Crippen molar-refractivity contribution in [3.05, 3.63) is 28.8 Å². The number of methoxy groups -OCH3 is 1. The summed E-state index contributed by atoms with van der Waals surface area (Å²) in [6, 6.07) is 2.85. The summed E-state index contributed by atoms with van der Waals surface area (Å²) in [4.78, 5) is 23.7. The Morgan fingerprint density at radius 3 is 2.20 bits per heavy atom. The van der Waals surface area contributed by atoms with Crippen molar-refractivity contribution in [2.45, 2.75) is 52.7 Å². The number of rotatable bonds is 7. The first kappa shape index (κ1) is 20.8. The number of nitrogens with two attached hydrogens (primary N) is 1. The Balaban J connectivity index is 2.91. The van der Waals surface area contributed by atoms with Crippen LogP contribution < -0.4 is 15.8 Å². The van der Waals surface area contributed by atoms with E-state index < -0.39 is 23.6 Å². The van der Waals surface area contributed by atoms with Gasteiger partial charge in [-0.3, -0.25) is 4.79 Å². The summed E-state index contributed by atoms with van der Waals surface area (Å²) in [7, 11) is 1.55. The van der Waals surface area contributed by atoms with E-state index in [4.69, 9.17) is 19.9 Å². The van der Waals surface area contributed by atoms with Crippen molar-refractivity contribution in [1.82, 2.24) is 5.32 Å². The van der Waals surface area contributed by atoms with Crippen LogP contribution in [0.1, 0.15) is 37.5 Å². The van der Waals surface area contributed by atoms with E-state index in [2.05, 4.69) is 5.32 Å². The maximum Gasteiger partial charge on any atom is 0.408 e. The van der Waals surface area contributed by atoms with Gasteiger partial charge in [0.25, 0.3) is 0 Å². The van der Waals surface area contributed by atoms with Gasteiger partial charge in [-0.05, 0) is 63.4 Å². The van der Waals surface area contributed by atoms with E-state index in [9.17, 15) is 9.59 Å². The molecule has 1 aromatic rings. The van der Waals surface area contributed by atoms with Crippen LogP contribution in [0, 0.1) is 13.8 Å². The molecule has 1 atom stereocenters. The molecule has 2 amide bonds. The Morgan fingerprint density at radius 1 is 1.20 bits per heavy atom. The molecule has 1 rings (SSSR count). The maximum absolute atomic E-state index is 11.9. The summed E-state index contributed by atoms with van der Waals surface area (Å²) < 4.78 is 15.5. The maximum atomic E-state index is 11.9. The zero-order valence-corrected chi connectivity index (χ0v) is 15.8. The van der Waals surface area contributed by atoms with Crippen LogP contribution in [0.4, 0.5) is 4.79 Å². The molecular weight excluding hydrogens is 324 g/mol. The van der Waals surface area contributed by atoms with Crippen LogP contribution in [0.25, 0.3) is 0 Å². The van der Waals surface area contributed by atoms with E-state index in [-0.39, 0.29) is 13.2 Å². The highest BCUT2D eigenvalue weighted by molar-refractivity contribution is 5.84. The number of hydrogen-bond donors (Lipinski definition) is 2. The molecule has 0 fully saturated rings. The first-order chi connectivity index (χ1) is 11.5. The second kappa shape index (κ2) is 8.71. The normalized spacial score (nSPS) is 12.4. The summed E-state index contributed by atoms with van der Waals surface area (Å²) in [5, 5.41) is 2.54. The molecule has 0 aliphatic rings. The van der Waals surface area contributed by atoms with Crippen LogP contribution >= 0.6 is 0 Å². The summed E-state index contributed by atoms with van der Waals surface area (Å²) in [6.45, 7) is 9.22. The Hall–Kier alpha value is -2.28. The van der Waals surface area contributed by atoms with Gasteiger partial charge in [-0.1, -0.05) is 0 Å². The van der Waals surface area contributed by atoms with Gasteiger partial charge < -0.3 is 25.3 Å². The third kappa shape index (κ3) is 7.01. The van der Waals surface area contributed by atoms with Crippen molar-refractivity contribution in [1.29, 1.82) is 0 Å². The van der Waals surface area contributed by atoms with Crippen LogP contribution in [-0.2, 0) is 20.7 Å². The molecule has 140 valence electrons. The smallest absolute Gasteiger partial charge is 0.408 e. The van der Waals surface area contributed by atoms with E-state index in [1.807, 2.05) is 26.0 Å². The number of carbonyl (C=O) groups excluding carboxylic acids is 2. The van der Waals surface area contributed by atoms with Crippen molar-refractivity contribution in [2.24, 2.45) is 5.73 Å². The number of benzene rings is 1. The fraction of sp³-hybridized carbons (Fsp3) is 0.556. The lowest BCUT2D eigenvalue weighted by molar-refractivity contribution is -0.120. The second-order valence-corrected chi connectivity index (χ2v) is 6.89. The molecule has 0 heterocycles. The number of carbonyl (C=O) groups is 2. The molecule has 0 aromatic heterocycles. The van der Waals surface area contributed by atoms with E-state index in [0.29, 0.717) is 5.75 Å². The van der Waals surface area contributed by atoms with Gasteiger partial charge in [0.2, 0.25) is 5.91 Å². The van der Waals surface area contributed by atoms with Gasteiger partial charge in [-0.2, -0.15) is 0 Å². The molecule has 0 bridgehead atoms. The van der Waals surface area contributed by atoms with Crippen molar-refractivity contribution < 1.29 is 23.8 Å². The molecule has 0 radical (unpaired) electrons. The van der Waals surface area contributed by atoms with Gasteiger partial charge >= 0.3 is 6.09 Å². The van der Waals surface area contributed by atoms with Crippen LogP contribution in [0.5, 0.6) is 5.75 Å². The number of hydrogen-bond acceptors (Lipinski definition) is 5. The summed E-state index contributed by atoms with van der Waals surface area (Å²) in [6.07, 6.45) is -0.400. The van der Waals surface area contributed by atoms with Gasteiger partial charge in [0.15, 0.2) is 6.79 Å². The highest BCUT2D eigenvalue weighted by Gasteiger charge is 2.24. The van der Waals surface area contributed by atoms with E-state index in [1.165, 1.54) is 0 Å². The lowest BCUT2D eigenvalue weighted by Gasteiger charge is -2.23. The first-order valence-corrected chi connectivity index (χ1v) is 8.04. The van der Waals surface area contributed by atoms with Crippen LogP contribution in [-0.4, -0.2) is 37.5 Å². The topological polar surface area (TPSA) is 99.9 Å². The minimum absolute atomic E-state index is 0.155. The number of ether oxygens (including phenoxy) is 3. The number of alkyl carbamates (subject to hydrolysis) is 1. The highest BCUT2D eigenvalue weighted by atomic mass is 16.7. The number of aryl methyl sites for hydroxylation is 2. The monoisotopic (exact) mass is 352 g/mol. The quantitative estimate of drug-likeness (QED) is 0.733. The third-order valence-electron chi connectivity index (χ3n) is 3.46. The molecule has 7 heteroatoms. The second-order valence-electron chi connectivity index (χ2n) is 6.89. The molecule has 0 saturated heterocycles. The fourth-order valence-electron chi connectivity index (χ4n) is 2.36. The van der Waals surface area contributed by atoms with E-state index >= 15 is 0 Å². The predicted molar refractivity (Wildman–Crippen MR) is 94.5 cm³/mol. The molecule has 1 aromatic carbocycles. The molecule has 0 aliphatic carbocycles. The Kier molecular flexibility index (Phi) is 7.23. The molecular formula is C18H28N2O5. The van der Waals surface area contributed by atoms with Crippen LogP contribution in [0.2, 0.25) is 0 Å². The largest absolute Gasteiger partial charge is 0.468 e. The summed E-state index contributed by atoms with van der Waals surface area (Å²) in [5.41, 5.74) is 7.58. The molecule has 0 aliphatic heterocycles. The van der Waals surface area contributed by atoms with Gasteiger partial charge in [0.05, 0.1) is 0 Å². The highest BCUT2D eigenvalue weighted by Crippen LogP contribution is 2.23. The average Bonchev–Trinajstić information content (AvgIpc) is 2.45. The number of primary amides is 1. The van der Waals surface area contributed by atoms with Crippen molar-refractivity contribution >= 4 is 12.0 Å². The van der Waals surface area contributed by atoms with Gasteiger partial charge in [-0.25, -0.2) is 4.79 Å². The molecule has 7 nitrogen and oxygen atoms in total. The first-order valence-electron chi connectivity index (χ1n) is 8.04. The van der Waals surface area contributed by atoms with Crippen molar-refractivity contribution in [3.63, 3.8) is 0 Å². The van der Waals surface area contributed by atoms with Crippen LogP contribution in [0.3, 0.4) is 0 Å². The van der Waals surface area contributed by atoms with E-state index in [0.717, 1.165) is 16.7 Å². The summed E-state index contributed by atoms with van der Waals surface area (Å²) in [5.74, 6) is 0.0562. The number of amides is 2. The molecule has 0 saturated carbocycles. The summed E-state index contributed by atoms with van der Waals surface area (Å²) >= 11 is 0. The zero-order chi connectivity index (χ0) is 19.2. The SMILES string of the molecule is COCOc1cc(C)c(CC(NC(=O)OC(C)(C)C)C(N)=O)c(C)c1. The Labute approximate surface area is 148 Å². The minimum atomic E-state index is -0.863. The van der Waals surface area contributed by atoms with E-state index in [1.54, 1.807) is 27.9 Å².